The number of fused-ring (bicyclic) bond motifs is 1. The zero-order valence-corrected chi connectivity index (χ0v) is 18.4. The predicted octanol–water partition coefficient (Wildman–Crippen LogP) is 6.67. The molecule has 1 N–H and O–H groups in total. The number of nitro groups is 1. The van der Waals surface area contributed by atoms with Gasteiger partial charge in [-0.15, -0.1) is 0 Å². The minimum Gasteiger partial charge on any atom is -0.490 e. The number of nitrogens with zero attached hydrogens (tertiary/aromatic N) is 2. The maximum absolute atomic E-state index is 11.0. The highest BCUT2D eigenvalue weighted by Gasteiger charge is 2.13. The molecule has 166 valence electrons. The van der Waals surface area contributed by atoms with E-state index in [1.54, 1.807) is 6.07 Å². The predicted molar refractivity (Wildman–Crippen MR) is 123 cm³/mol. The molecule has 0 atom stereocenters. The van der Waals surface area contributed by atoms with Crippen molar-refractivity contribution in [2.45, 2.75) is 58.8 Å². The maximum Gasteiger partial charge on any atom is 0.271 e. The third kappa shape index (κ3) is 6.20. The van der Waals surface area contributed by atoms with Crippen LogP contribution in [0.15, 0.2) is 36.4 Å². The van der Waals surface area contributed by atoms with E-state index in [4.69, 9.17) is 9.47 Å². The smallest absolute Gasteiger partial charge is 0.271 e. The Morgan fingerprint density at radius 1 is 0.935 bits per heavy atom. The first-order chi connectivity index (χ1) is 15.1. The molecule has 0 aliphatic heterocycles. The van der Waals surface area contributed by atoms with Gasteiger partial charge in [0.05, 0.1) is 29.2 Å². The molecule has 0 unspecified atom stereocenters. The number of nitrogens with one attached hydrogen (secondary N) is 1. The normalized spacial score (nSPS) is 11.0. The van der Waals surface area contributed by atoms with Gasteiger partial charge in [0.15, 0.2) is 11.5 Å². The van der Waals surface area contributed by atoms with Gasteiger partial charge in [-0.1, -0.05) is 45.4 Å². The van der Waals surface area contributed by atoms with E-state index in [0.717, 1.165) is 17.7 Å². The van der Waals surface area contributed by atoms with Gasteiger partial charge >= 0.3 is 0 Å². The van der Waals surface area contributed by atoms with Gasteiger partial charge in [-0.3, -0.25) is 10.1 Å². The fraction of sp³-hybridized carbons (Fsp3) is 0.458. The fourth-order valence-electron chi connectivity index (χ4n) is 3.53. The number of aromatic amines is 1. The monoisotopic (exact) mass is 425 g/mol. The molecular weight excluding hydrogens is 394 g/mol. The van der Waals surface area contributed by atoms with Crippen LogP contribution in [0.2, 0.25) is 0 Å². The van der Waals surface area contributed by atoms with E-state index in [2.05, 4.69) is 16.9 Å². The van der Waals surface area contributed by atoms with Crippen LogP contribution in [0.1, 0.15) is 58.8 Å². The van der Waals surface area contributed by atoms with Crippen LogP contribution >= 0.6 is 0 Å². The second-order valence-corrected chi connectivity index (χ2v) is 7.61. The minimum atomic E-state index is -0.412. The van der Waals surface area contributed by atoms with E-state index in [9.17, 15) is 10.1 Å². The van der Waals surface area contributed by atoms with Crippen LogP contribution in [0.25, 0.3) is 22.4 Å². The number of aromatic nitrogens is 2. The number of H-pyrrole nitrogens is 1. The van der Waals surface area contributed by atoms with Crippen molar-refractivity contribution in [3.63, 3.8) is 0 Å². The van der Waals surface area contributed by atoms with E-state index in [-0.39, 0.29) is 5.69 Å². The Bertz CT molecular complexity index is 1000. The number of hydrogen-bond donors (Lipinski definition) is 1. The Labute approximate surface area is 182 Å². The van der Waals surface area contributed by atoms with E-state index in [1.165, 1.54) is 50.7 Å². The molecular formula is C24H31N3O4. The molecule has 7 nitrogen and oxygen atoms in total. The fourth-order valence-corrected chi connectivity index (χ4v) is 3.53. The second kappa shape index (κ2) is 11.3. The molecule has 0 bridgehead atoms. The molecule has 1 aromatic heterocycles. The number of imidazole rings is 1. The van der Waals surface area contributed by atoms with Crippen LogP contribution in [-0.2, 0) is 0 Å². The van der Waals surface area contributed by atoms with Crippen LogP contribution in [-0.4, -0.2) is 28.1 Å². The van der Waals surface area contributed by atoms with Gasteiger partial charge in [0.2, 0.25) is 0 Å². The molecule has 3 rings (SSSR count). The summed E-state index contributed by atoms with van der Waals surface area (Å²) >= 11 is 0. The third-order valence-corrected chi connectivity index (χ3v) is 5.20. The molecule has 0 spiro atoms. The summed E-state index contributed by atoms with van der Waals surface area (Å²) in [5.74, 6) is 2.03. The first kappa shape index (κ1) is 22.6. The standard InChI is InChI=1S/C24H31N3O4/c1-3-5-6-7-8-9-10-15-31-22-14-11-18(16-23(22)30-4-2)24-25-20-13-12-19(27(28)29)17-21(20)26-24/h11-14,16-17H,3-10,15H2,1-2H3,(H,25,26). The Balaban J connectivity index is 1.66. The van der Waals surface area contributed by atoms with Gasteiger partial charge in [0, 0.05) is 17.7 Å². The zero-order valence-electron chi connectivity index (χ0n) is 18.4. The van der Waals surface area contributed by atoms with Crippen molar-refractivity contribution < 1.29 is 14.4 Å². The zero-order chi connectivity index (χ0) is 22.1. The largest absolute Gasteiger partial charge is 0.490 e. The van der Waals surface area contributed by atoms with Crippen LogP contribution in [0.5, 0.6) is 11.5 Å². The SMILES string of the molecule is CCCCCCCCCOc1ccc(-c2nc3ccc([N+](=O)[O-])cc3[nH]2)cc1OCC. The first-order valence-electron chi connectivity index (χ1n) is 11.2. The molecule has 0 saturated heterocycles. The molecule has 0 radical (unpaired) electrons. The third-order valence-electron chi connectivity index (χ3n) is 5.20. The van der Waals surface area contributed by atoms with Gasteiger partial charge in [-0.2, -0.15) is 0 Å². The summed E-state index contributed by atoms with van der Waals surface area (Å²) in [6.07, 6.45) is 8.68. The highest BCUT2D eigenvalue weighted by molar-refractivity contribution is 5.81. The first-order valence-corrected chi connectivity index (χ1v) is 11.2. The van der Waals surface area contributed by atoms with Crippen molar-refractivity contribution in [3.8, 4) is 22.9 Å². The topological polar surface area (TPSA) is 90.3 Å². The minimum absolute atomic E-state index is 0.0341. The molecule has 0 aliphatic carbocycles. The average Bonchev–Trinajstić information content (AvgIpc) is 3.20. The molecule has 31 heavy (non-hydrogen) atoms. The van der Waals surface area contributed by atoms with Crippen molar-refractivity contribution >= 4 is 16.7 Å². The molecule has 0 saturated carbocycles. The van der Waals surface area contributed by atoms with Gasteiger partial charge in [0.25, 0.3) is 5.69 Å². The summed E-state index contributed by atoms with van der Waals surface area (Å²) in [5, 5.41) is 11.0. The number of nitro benzene ring substituents is 1. The Morgan fingerprint density at radius 3 is 2.45 bits per heavy atom. The molecule has 7 heteroatoms. The van der Waals surface area contributed by atoms with Crippen molar-refractivity contribution in [2.24, 2.45) is 0 Å². The summed E-state index contributed by atoms with van der Waals surface area (Å²) in [6.45, 7) is 5.37. The van der Waals surface area contributed by atoms with Crippen LogP contribution in [0.4, 0.5) is 5.69 Å². The van der Waals surface area contributed by atoms with Crippen molar-refractivity contribution in [1.29, 1.82) is 0 Å². The number of rotatable bonds is 13. The Kier molecular flexibility index (Phi) is 8.27. The van der Waals surface area contributed by atoms with Gasteiger partial charge in [0.1, 0.15) is 5.82 Å². The number of hydrogen-bond acceptors (Lipinski definition) is 5. The summed E-state index contributed by atoms with van der Waals surface area (Å²) in [5.41, 5.74) is 2.18. The summed E-state index contributed by atoms with van der Waals surface area (Å²) in [6, 6.07) is 10.3. The lowest BCUT2D eigenvalue weighted by Gasteiger charge is -2.13. The van der Waals surface area contributed by atoms with Gasteiger partial charge < -0.3 is 14.5 Å². The number of unbranched alkanes of at least 4 members (excludes halogenated alkanes) is 6. The summed E-state index contributed by atoms with van der Waals surface area (Å²) < 4.78 is 11.8. The van der Waals surface area contributed by atoms with E-state index < -0.39 is 4.92 Å². The molecule has 0 fully saturated rings. The molecule has 0 amide bonds. The maximum atomic E-state index is 11.0. The Morgan fingerprint density at radius 2 is 1.71 bits per heavy atom. The van der Waals surface area contributed by atoms with Crippen LogP contribution < -0.4 is 9.47 Å². The van der Waals surface area contributed by atoms with Crippen molar-refractivity contribution in [1.82, 2.24) is 9.97 Å². The molecule has 0 aliphatic rings. The van der Waals surface area contributed by atoms with Gasteiger partial charge in [-0.05, 0) is 37.6 Å². The lowest BCUT2D eigenvalue weighted by Crippen LogP contribution is -2.01. The van der Waals surface area contributed by atoms with Crippen molar-refractivity contribution in [3.05, 3.63) is 46.5 Å². The lowest BCUT2D eigenvalue weighted by atomic mass is 10.1. The van der Waals surface area contributed by atoms with E-state index in [1.807, 2.05) is 25.1 Å². The number of ether oxygens (including phenoxy) is 2. The quantitative estimate of drug-likeness (QED) is 0.188. The van der Waals surface area contributed by atoms with E-state index in [0.29, 0.717) is 35.8 Å². The second-order valence-electron chi connectivity index (χ2n) is 7.61. The summed E-state index contributed by atoms with van der Waals surface area (Å²) in [7, 11) is 0. The van der Waals surface area contributed by atoms with Gasteiger partial charge in [-0.25, -0.2) is 4.98 Å². The molecule has 3 aromatic rings. The molecule has 1 heterocycles. The molecule has 2 aromatic carbocycles. The Hall–Kier alpha value is -3.09. The average molecular weight is 426 g/mol. The number of non-ortho nitro benzene ring substituents is 1. The van der Waals surface area contributed by atoms with Crippen LogP contribution in [0.3, 0.4) is 0 Å². The number of benzene rings is 2. The van der Waals surface area contributed by atoms with Crippen LogP contribution in [0, 0.1) is 10.1 Å². The summed E-state index contributed by atoms with van der Waals surface area (Å²) in [4.78, 5) is 18.3. The van der Waals surface area contributed by atoms with Crippen molar-refractivity contribution in [2.75, 3.05) is 13.2 Å². The highest BCUT2D eigenvalue weighted by atomic mass is 16.6. The lowest BCUT2D eigenvalue weighted by molar-refractivity contribution is -0.384. The highest BCUT2D eigenvalue weighted by Crippen LogP contribution is 2.33. The van der Waals surface area contributed by atoms with E-state index >= 15 is 0 Å².